The van der Waals surface area contributed by atoms with Crippen LogP contribution in [0.2, 0.25) is 0 Å². The third-order valence-electron chi connectivity index (χ3n) is 5.48. The Morgan fingerprint density at radius 1 is 1.09 bits per heavy atom. The lowest BCUT2D eigenvalue weighted by Gasteiger charge is -2.11. The first-order valence-electron chi connectivity index (χ1n) is 11.0. The molecule has 172 valence electrons. The van der Waals surface area contributed by atoms with E-state index in [0.29, 0.717) is 58.4 Å². The van der Waals surface area contributed by atoms with E-state index in [1.54, 1.807) is 16.7 Å². The number of hydrogen-bond donors (Lipinski definition) is 1. The molecule has 10 heteroatoms. The molecular weight excluding hydrogens is 440 g/mol. The Bertz CT molecular complexity index is 1510. The Labute approximate surface area is 193 Å². The van der Waals surface area contributed by atoms with Crippen molar-refractivity contribution in [3.05, 3.63) is 73.9 Å². The fourth-order valence-electron chi connectivity index (χ4n) is 3.87. The first-order valence-corrected chi connectivity index (χ1v) is 11.9. The van der Waals surface area contributed by atoms with Gasteiger partial charge in [0.15, 0.2) is 16.3 Å². The molecule has 0 aliphatic heterocycles. The van der Waals surface area contributed by atoms with E-state index < -0.39 is 11.2 Å². The minimum Gasteiger partial charge on any atom is -0.322 e. The summed E-state index contributed by atoms with van der Waals surface area (Å²) in [4.78, 5) is 49.8. The van der Waals surface area contributed by atoms with E-state index in [0.717, 1.165) is 12.8 Å². The molecule has 0 atom stereocenters. The van der Waals surface area contributed by atoms with Gasteiger partial charge in [0, 0.05) is 19.6 Å². The maximum atomic E-state index is 13.0. The molecule has 0 saturated carbocycles. The molecular formula is C23H26N6O3S. The Kier molecular flexibility index (Phi) is 6.64. The summed E-state index contributed by atoms with van der Waals surface area (Å²) in [6.07, 6.45) is 3.38. The van der Waals surface area contributed by atoms with Gasteiger partial charge in [0.25, 0.3) is 11.1 Å². The van der Waals surface area contributed by atoms with Crippen molar-refractivity contribution >= 4 is 33.8 Å². The molecule has 9 nitrogen and oxygen atoms in total. The standard InChI is InChI=1S/C23H26N6O3S/c1-4-7-13-28-19-18(20(30)26-22(28)32)27(6-3)17(25-19)14-33-23-24-16-11-9-8-10-15(16)21(31)29(23)12-5-2/h5,8-11H,2,4,6-7,12-14H2,1,3H3,(H,26,30,32). The van der Waals surface area contributed by atoms with Gasteiger partial charge in [-0.05, 0) is 25.5 Å². The summed E-state index contributed by atoms with van der Waals surface area (Å²) in [6, 6.07) is 7.23. The molecule has 0 fully saturated rings. The number of allylic oxidation sites excluding steroid dienone is 1. The van der Waals surface area contributed by atoms with E-state index in [-0.39, 0.29) is 5.56 Å². The van der Waals surface area contributed by atoms with Crippen molar-refractivity contribution in [3.63, 3.8) is 0 Å². The van der Waals surface area contributed by atoms with Crippen LogP contribution >= 0.6 is 11.8 Å². The van der Waals surface area contributed by atoms with Crippen LogP contribution in [-0.4, -0.2) is 28.7 Å². The fourth-order valence-corrected chi connectivity index (χ4v) is 4.82. The predicted molar refractivity (Wildman–Crippen MR) is 131 cm³/mol. The molecule has 3 aromatic heterocycles. The van der Waals surface area contributed by atoms with Crippen molar-refractivity contribution in [2.75, 3.05) is 0 Å². The highest BCUT2D eigenvalue weighted by Crippen LogP contribution is 2.24. The topological polar surface area (TPSA) is 108 Å². The third kappa shape index (κ3) is 4.18. The lowest BCUT2D eigenvalue weighted by Crippen LogP contribution is -2.31. The average Bonchev–Trinajstić information content (AvgIpc) is 3.18. The molecule has 0 bridgehead atoms. The van der Waals surface area contributed by atoms with Crippen LogP contribution in [0.15, 0.2) is 56.5 Å². The van der Waals surface area contributed by atoms with E-state index in [9.17, 15) is 14.4 Å². The minimum absolute atomic E-state index is 0.128. The van der Waals surface area contributed by atoms with Gasteiger partial charge in [0.1, 0.15) is 5.82 Å². The number of fused-ring (bicyclic) bond motifs is 2. The van der Waals surface area contributed by atoms with Crippen LogP contribution in [0.1, 0.15) is 32.5 Å². The number of aryl methyl sites for hydroxylation is 2. The van der Waals surface area contributed by atoms with Crippen molar-refractivity contribution in [3.8, 4) is 0 Å². The van der Waals surface area contributed by atoms with E-state index in [1.807, 2.05) is 36.6 Å². The molecule has 0 radical (unpaired) electrons. The van der Waals surface area contributed by atoms with Crippen LogP contribution in [0.25, 0.3) is 22.1 Å². The number of hydrogen-bond acceptors (Lipinski definition) is 6. The highest BCUT2D eigenvalue weighted by molar-refractivity contribution is 7.98. The number of nitrogens with one attached hydrogen (secondary N) is 1. The number of aromatic amines is 1. The van der Waals surface area contributed by atoms with Crippen LogP contribution in [0.4, 0.5) is 0 Å². The number of nitrogens with zero attached hydrogens (tertiary/aromatic N) is 5. The zero-order valence-corrected chi connectivity index (χ0v) is 19.5. The first-order chi connectivity index (χ1) is 16.0. The smallest absolute Gasteiger partial charge is 0.322 e. The van der Waals surface area contributed by atoms with E-state index >= 15 is 0 Å². The van der Waals surface area contributed by atoms with Crippen LogP contribution in [0.5, 0.6) is 0 Å². The van der Waals surface area contributed by atoms with Gasteiger partial charge in [-0.3, -0.25) is 23.7 Å². The monoisotopic (exact) mass is 466 g/mol. The van der Waals surface area contributed by atoms with Crippen LogP contribution < -0.4 is 16.8 Å². The van der Waals surface area contributed by atoms with Gasteiger partial charge < -0.3 is 4.57 Å². The Hall–Kier alpha value is -3.40. The second-order valence-corrected chi connectivity index (χ2v) is 8.56. The molecule has 0 unspecified atom stereocenters. The highest BCUT2D eigenvalue weighted by atomic mass is 32.2. The second kappa shape index (κ2) is 9.62. The normalized spacial score (nSPS) is 11.5. The second-order valence-electron chi connectivity index (χ2n) is 7.61. The summed E-state index contributed by atoms with van der Waals surface area (Å²) in [6.45, 7) is 9.07. The molecule has 0 aliphatic rings. The summed E-state index contributed by atoms with van der Waals surface area (Å²) >= 11 is 1.37. The molecule has 4 rings (SSSR count). The van der Waals surface area contributed by atoms with Gasteiger partial charge in [0.05, 0.1) is 16.7 Å². The van der Waals surface area contributed by atoms with E-state index in [2.05, 4.69) is 21.5 Å². The third-order valence-corrected chi connectivity index (χ3v) is 6.46. The van der Waals surface area contributed by atoms with E-state index in [1.165, 1.54) is 16.3 Å². The van der Waals surface area contributed by atoms with Gasteiger partial charge in [-0.2, -0.15) is 0 Å². The quantitative estimate of drug-likeness (QED) is 0.231. The lowest BCUT2D eigenvalue weighted by atomic mass is 10.2. The number of imidazole rings is 1. The minimum atomic E-state index is -0.447. The van der Waals surface area contributed by atoms with Crippen molar-refractivity contribution in [1.82, 2.24) is 28.7 Å². The van der Waals surface area contributed by atoms with Crippen LogP contribution in [-0.2, 0) is 25.4 Å². The molecule has 1 aromatic carbocycles. The number of thioether (sulfide) groups is 1. The van der Waals surface area contributed by atoms with Crippen molar-refractivity contribution in [2.24, 2.45) is 0 Å². The Morgan fingerprint density at radius 2 is 1.88 bits per heavy atom. The Morgan fingerprint density at radius 3 is 2.61 bits per heavy atom. The molecule has 1 N–H and O–H groups in total. The SMILES string of the molecule is C=CCn1c(SCc2nc3c(c(=O)[nH]c(=O)n3CCCC)n2CC)nc2ccccc2c1=O. The molecule has 0 spiro atoms. The summed E-state index contributed by atoms with van der Waals surface area (Å²) in [5.74, 6) is 1.03. The number of rotatable bonds is 9. The first kappa shape index (κ1) is 22.8. The zero-order valence-electron chi connectivity index (χ0n) is 18.7. The summed E-state index contributed by atoms with van der Waals surface area (Å²) in [5.41, 5.74) is 0.386. The van der Waals surface area contributed by atoms with Gasteiger partial charge >= 0.3 is 5.69 Å². The molecule has 3 heterocycles. The molecule has 4 aromatic rings. The van der Waals surface area contributed by atoms with Gasteiger partial charge in [0.2, 0.25) is 0 Å². The fraction of sp³-hybridized carbons (Fsp3) is 0.348. The number of para-hydroxylation sites is 1. The number of unbranched alkanes of at least 4 members (excludes halogenated alkanes) is 1. The predicted octanol–water partition coefficient (Wildman–Crippen LogP) is 2.89. The summed E-state index contributed by atoms with van der Waals surface area (Å²) < 4.78 is 4.94. The average molecular weight is 467 g/mol. The largest absolute Gasteiger partial charge is 0.330 e. The highest BCUT2D eigenvalue weighted by Gasteiger charge is 2.19. The van der Waals surface area contributed by atoms with Crippen molar-refractivity contribution in [1.29, 1.82) is 0 Å². The van der Waals surface area contributed by atoms with Crippen molar-refractivity contribution in [2.45, 2.75) is 57.2 Å². The molecule has 0 saturated heterocycles. The van der Waals surface area contributed by atoms with Gasteiger partial charge in [-0.1, -0.05) is 43.3 Å². The van der Waals surface area contributed by atoms with Gasteiger partial charge in [-0.25, -0.2) is 14.8 Å². The lowest BCUT2D eigenvalue weighted by molar-refractivity contribution is 0.613. The number of aromatic nitrogens is 6. The molecule has 33 heavy (non-hydrogen) atoms. The summed E-state index contributed by atoms with van der Waals surface area (Å²) in [7, 11) is 0. The Balaban J connectivity index is 1.80. The van der Waals surface area contributed by atoms with Crippen molar-refractivity contribution < 1.29 is 0 Å². The summed E-state index contributed by atoms with van der Waals surface area (Å²) in [5, 5.41) is 1.10. The number of H-pyrrole nitrogens is 1. The van der Waals surface area contributed by atoms with Crippen LogP contribution in [0, 0.1) is 0 Å². The van der Waals surface area contributed by atoms with Crippen LogP contribution in [0.3, 0.4) is 0 Å². The molecule has 0 amide bonds. The van der Waals surface area contributed by atoms with E-state index in [4.69, 9.17) is 0 Å². The maximum absolute atomic E-state index is 13.0. The maximum Gasteiger partial charge on any atom is 0.330 e. The zero-order chi connectivity index (χ0) is 23.5. The number of benzene rings is 1. The molecule has 0 aliphatic carbocycles. The van der Waals surface area contributed by atoms with Gasteiger partial charge in [-0.15, -0.1) is 6.58 Å².